The molecule has 0 unspecified atom stereocenters. The number of nitrogens with zero attached hydrogens (tertiary/aromatic N) is 1. The van der Waals surface area contributed by atoms with Gasteiger partial charge in [0.05, 0.1) is 7.11 Å². The molecule has 0 radical (unpaired) electrons. The summed E-state index contributed by atoms with van der Waals surface area (Å²) in [6.45, 7) is 5.57. The van der Waals surface area contributed by atoms with E-state index in [1.165, 1.54) is 11.1 Å². The van der Waals surface area contributed by atoms with Crippen LogP contribution in [0, 0.1) is 0 Å². The minimum absolute atomic E-state index is 0.411. The van der Waals surface area contributed by atoms with E-state index in [-0.39, 0.29) is 0 Å². The lowest BCUT2D eigenvalue weighted by atomic mass is 10.0. The minimum Gasteiger partial charge on any atom is -0.496 e. The molecule has 1 fully saturated rings. The fourth-order valence-corrected chi connectivity index (χ4v) is 2.70. The van der Waals surface area contributed by atoms with Crippen LogP contribution in [0.3, 0.4) is 0 Å². The first-order valence-corrected chi connectivity index (χ1v) is 7.36. The first-order valence-electron chi connectivity index (χ1n) is 7.36. The third kappa shape index (κ3) is 3.95. The van der Waals surface area contributed by atoms with Crippen molar-refractivity contribution in [2.45, 2.75) is 38.6 Å². The van der Waals surface area contributed by atoms with E-state index in [0.717, 1.165) is 51.1 Å². The lowest BCUT2D eigenvalue weighted by molar-refractivity contribution is 0.215. The summed E-state index contributed by atoms with van der Waals surface area (Å²) < 4.78 is 5.46. The number of nitrogens with two attached hydrogens (primary N) is 1. The number of rotatable bonds is 5. The summed E-state index contributed by atoms with van der Waals surface area (Å²) in [4.78, 5) is 2.52. The monoisotopic (exact) mass is 262 g/mol. The number of ether oxygens (including phenoxy) is 1. The van der Waals surface area contributed by atoms with E-state index >= 15 is 0 Å². The molecule has 3 nitrogen and oxygen atoms in total. The molecule has 0 saturated carbocycles. The highest BCUT2D eigenvalue weighted by molar-refractivity contribution is 5.37. The summed E-state index contributed by atoms with van der Waals surface area (Å²) in [7, 11) is 1.75. The normalized spacial score (nSPS) is 17.6. The van der Waals surface area contributed by atoms with Crippen molar-refractivity contribution in [3.63, 3.8) is 0 Å². The van der Waals surface area contributed by atoms with Crippen LogP contribution in [0.2, 0.25) is 0 Å². The summed E-state index contributed by atoms with van der Waals surface area (Å²) in [6.07, 6.45) is 4.40. The molecule has 3 heteroatoms. The third-order valence-electron chi connectivity index (χ3n) is 4.08. The molecule has 0 spiro atoms. The largest absolute Gasteiger partial charge is 0.496 e. The van der Waals surface area contributed by atoms with Crippen LogP contribution < -0.4 is 10.5 Å². The van der Waals surface area contributed by atoms with Crippen molar-refractivity contribution in [3.05, 3.63) is 29.3 Å². The fraction of sp³-hybridized carbons (Fsp3) is 0.625. The van der Waals surface area contributed by atoms with Crippen molar-refractivity contribution in [2.75, 3.05) is 26.7 Å². The number of hydrogen-bond acceptors (Lipinski definition) is 3. The van der Waals surface area contributed by atoms with Gasteiger partial charge in [-0.25, -0.2) is 0 Å². The average molecular weight is 262 g/mol. The topological polar surface area (TPSA) is 38.5 Å². The fourth-order valence-electron chi connectivity index (χ4n) is 2.70. The molecule has 1 aliphatic heterocycles. The lowest BCUT2D eigenvalue weighted by Crippen LogP contribution is -2.40. The van der Waals surface area contributed by atoms with E-state index in [9.17, 15) is 0 Å². The second-order valence-corrected chi connectivity index (χ2v) is 5.43. The number of benzene rings is 1. The molecule has 1 aliphatic rings. The Morgan fingerprint density at radius 1 is 1.32 bits per heavy atom. The van der Waals surface area contributed by atoms with E-state index in [1.807, 2.05) is 0 Å². The zero-order valence-corrected chi connectivity index (χ0v) is 12.2. The van der Waals surface area contributed by atoms with Gasteiger partial charge in [-0.1, -0.05) is 19.1 Å². The Morgan fingerprint density at radius 3 is 2.68 bits per heavy atom. The molecule has 0 atom stereocenters. The summed E-state index contributed by atoms with van der Waals surface area (Å²) in [5.41, 5.74) is 8.66. The highest BCUT2D eigenvalue weighted by atomic mass is 16.5. The molecule has 1 heterocycles. The van der Waals surface area contributed by atoms with Crippen molar-refractivity contribution in [1.29, 1.82) is 0 Å². The van der Waals surface area contributed by atoms with E-state index < -0.39 is 0 Å². The Hall–Kier alpha value is -1.06. The van der Waals surface area contributed by atoms with Gasteiger partial charge in [0.15, 0.2) is 0 Å². The molecule has 19 heavy (non-hydrogen) atoms. The van der Waals surface area contributed by atoms with Crippen LogP contribution in [0.25, 0.3) is 0 Å². The van der Waals surface area contributed by atoms with E-state index in [2.05, 4.69) is 30.0 Å². The van der Waals surface area contributed by atoms with Crippen LogP contribution in [0.5, 0.6) is 5.75 Å². The van der Waals surface area contributed by atoms with Gasteiger partial charge >= 0.3 is 0 Å². The second-order valence-electron chi connectivity index (χ2n) is 5.43. The Labute approximate surface area is 116 Å². The SMILES string of the molecule is CCc1ccc(OC)c(CCN2CCC(N)CC2)c1. The maximum atomic E-state index is 5.94. The highest BCUT2D eigenvalue weighted by Crippen LogP contribution is 2.21. The first-order chi connectivity index (χ1) is 9.22. The molecule has 2 rings (SSSR count). The van der Waals surface area contributed by atoms with Crippen molar-refractivity contribution < 1.29 is 4.74 Å². The highest BCUT2D eigenvalue weighted by Gasteiger charge is 2.16. The van der Waals surface area contributed by atoms with Gasteiger partial charge in [-0.05, 0) is 56.0 Å². The average Bonchev–Trinajstić information content (AvgIpc) is 2.46. The van der Waals surface area contributed by atoms with Gasteiger partial charge in [0.25, 0.3) is 0 Å². The summed E-state index contributed by atoms with van der Waals surface area (Å²) >= 11 is 0. The molecule has 0 bridgehead atoms. The van der Waals surface area contributed by atoms with E-state index in [4.69, 9.17) is 10.5 Å². The number of likely N-dealkylation sites (tertiary alicyclic amines) is 1. The number of aryl methyl sites for hydroxylation is 1. The standard InChI is InChI=1S/C16H26N2O/c1-3-13-4-5-16(19-2)14(12-13)6-9-18-10-7-15(17)8-11-18/h4-5,12,15H,3,6-11,17H2,1-2H3. The maximum Gasteiger partial charge on any atom is 0.122 e. The van der Waals surface area contributed by atoms with Crippen LogP contribution in [-0.4, -0.2) is 37.7 Å². The van der Waals surface area contributed by atoms with E-state index in [1.54, 1.807) is 7.11 Å². The number of piperidine rings is 1. The molecule has 0 aliphatic carbocycles. The molecule has 2 N–H and O–H groups in total. The molecule has 0 aromatic heterocycles. The molecule has 0 amide bonds. The summed E-state index contributed by atoms with van der Waals surface area (Å²) in [6, 6.07) is 6.95. The van der Waals surface area contributed by atoms with Gasteiger partial charge in [-0.15, -0.1) is 0 Å². The Balaban J connectivity index is 1.94. The van der Waals surface area contributed by atoms with Crippen molar-refractivity contribution in [2.24, 2.45) is 5.73 Å². The van der Waals surface area contributed by atoms with E-state index in [0.29, 0.717) is 6.04 Å². The minimum atomic E-state index is 0.411. The van der Waals surface area contributed by atoms with Gasteiger partial charge in [0, 0.05) is 12.6 Å². The van der Waals surface area contributed by atoms with Gasteiger partial charge in [-0.2, -0.15) is 0 Å². The van der Waals surface area contributed by atoms with Gasteiger partial charge in [-0.3, -0.25) is 0 Å². The van der Waals surface area contributed by atoms with Crippen molar-refractivity contribution >= 4 is 0 Å². The van der Waals surface area contributed by atoms with Crippen LogP contribution in [0.4, 0.5) is 0 Å². The Bertz CT molecular complexity index is 398. The summed E-state index contributed by atoms with van der Waals surface area (Å²) in [5.74, 6) is 1.02. The van der Waals surface area contributed by atoms with Gasteiger partial charge < -0.3 is 15.4 Å². The number of methoxy groups -OCH3 is 1. The first kappa shape index (κ1) is 14.4. The Kier molecular flexibility index (Phi) is 5.23. The predicted octanol–water partition coefficient (Wildman–Crippen LogP) is 2.22. The second kappa shape index (κ2) is 6.92. The molecular formula is C16H26N2O. The van der Waals surface area contributed by atoms with Crippen molar-refractivity contribution in [3.8, 4) is 5.75 Å². The lowest BCUT2D eigenvalue weighted by Gasteiger charge is -2.30. The maximum absolute atomic E-state index is 5.94. The van der Waals surface area contributed by atoms with Crippen LogP contribution >= 0.6 is 0 Å². The smallest absolute Gasteiger partial charge is 0.122 e. The molecule has 1 saturated heterocycles. The zero-order valence-electron chi connectivity index (χ0n) is 12.2. The van der Waals surface area contributed by atoms with Crippen LogP contribution in [-0.2, 0) is 12.8 Å². The Morgan fingerprint density at radius 2 is 2.05 bits per heavy atom. The predicted molar refractivity (Wildman–Crippen MR) is 79.7 cm³/mol. The number of hydrogen-bond donors (Lipinski definition) is 1. The van der Waals surface area contributed by atoms with Crippen molar-refractivity contribution in [1.82, 2.24) is 4.90 Å². The summed E-state index contributed by atoms with van der Waals surface area (Å²) in [5, 5.41) is 0. The third-order valence-corrected chi connectivity index (χ3v) is 4.08. The van der Waals surface area contributed by atoms with Crippen LogP contribution in [0.1, 0.15) is 30.9 Å². The zero-order chi connectivity index (χ0) is 13.7. The molecule has 1 aromatic rings. The van der Waals surface area contributed by atoms with Gasteiger partial charge in [0.1, 0.15) is 5.75 Å². The molecule has 106 valence electrons. The quantitative estimate of drug-likeness (QED) is 0.884. The molecule has 1 aromatic carbocycles. The van der Waals surface area contributed by atoms with Crippen LogP contribution in [0.15, 0.2) is 18.2 Å². The molecular weight excluding hydrogens is 236 g/mol. The van der Waals surface area contributed by atoms with Gasteiger partial charge in [0.2, 0.25) is 0 Å².